The Labute approximate surface area is 153 Å². The molecule has 1 amide bonds. The SMILES string of the molecule is O=C(NC1CCCCN(Cc2ccccc2)C1)c1ccc2[nH]ncc2c1. The number of nitrogens with one attached hydrogen (secondary N) is 2. The molecule has 26 heavy (non-hydrogen) atoms. The van der Waals surface area contributed by atoms with Crippen molar-refractivity contribution in [3.05, 3.63) is 65.9 Å². The Bertz CT molecular complexity index is 874. The highest BCUT2D eigenvalue weighted by Crippen LogP contribution is 2.16. The molecule has 1 unspecified atom stereocenters. The van der Waals surface area contributed by atoms with E-state index in [1.807, 2.05) is 24.3 Å². The monoisotopic (exact) mass is 348 g/mol. The van der Waals surface area contributed by atoms with E-state index in [0.717, 1.165) is 43.4 Å². The lowest BCUT2D eigenvalue weighted by atomic mass is 10.1. The Hall–Kier alpha value is -2.66. The Morgan fingerprint density at radius 3 is 2.96 bits per heavy atom. The van der Waals surface area contributed by atoms with Crippen LogP contribution in [0.25, 0.3) is 10.9 Å². The summed E-state index contributed by atoms with van der Waals surface area (Å²) in [6.45, 7) is 2.92. The molecule has 2 heterocycles. The normalized spacial score (nSPS) is 18.5. The number of rotatable bonds is 4. The number of benzene rings is 2. The van der Waals surface area contributed by atoms with Crippen molar-refractivity contribution in [1.82, 2.24) is 20.4 Å². The van der Waals surface area contributed by atoms with E-state index in [2.05, 4.69) is 44.7 Å². The fourth-order valence-corrected chi connectivity index (χ4v) is 3.68. The van der Waals surface area contributed by atoms with Crippen molar-refractivity contribution in [3.63, 3.8) is 0 Å². The number of hydrogen-bond acceptors (Lipinski definition) is 3. The standard InChI is InChI=1S/C21H24N4O/c26-21(17-9-10-20-18(12-17)13-22-24-20)23-19-8-4-5-11-25(15-19)14-16-6-2-1-3-7-16/h1-3,6-7,9-10,12-13,19H,4-5,8,11,14-15H2,(H,22,24)(H,23,26). The van der Waals surface area contributed by atoms with Gasteiger partial charge < -0.3 is 5.32 Å². The molecule has 1 saturated heterocycles. The van der Waals surface area contributed by atoms with E-state index in [-0.39, 0.29) is 11.9 Å². The Morgan fingerprint density at radius 1 is 1.19 bits per heavy atom. The molecule has 5 nitrogen and oxygen atoms in total. The van der Waals surface area contributed by atoms with Crippen LogP contribution in [-0.2, 0) is 6.54 Å². The molecule has 1 fully saturated rings. The van der Waals surface area contributed by atoms with Gasteiger partial charge in [-0.05, 0) is 43.1 Å². The van der Waals surface area contributed by atoms with Crippen LogP contribution in [0.1, 0.15) is 35.2 Å². The van der Waals surface area contributed by atoms with Gasteiger partial charge in [0.2, 0.25) is 0 Å². The van der Waals surface area contributed by atoms with Crippen LogP contribution < -0.4 is 5.32 Å². The third-order valence-corrected chi connectivity index (χ3v) is 5.04. The van der Waals surface area contributed by atoms with Crippen LogP contribution in [0.4, 0.5) is 0 Å². The van der Waals surface area contributed by atoms with E-state index in [9.17, 15) is 4.79 Å². The van der Waals surface area contributed by atoms with Gasteiger partial charge in [0.1, 0.15) is 0 Å². The lowest BCUT2D eigenvalue weighted by Crippen LogP contribution is -2.42. The van der Waals surface area contributed by atoms with Crippen LogP contribution in [0.2, 0.25) is 0 Å². The molecule has 1 aromatic heterocycles. The molecule has 0 aliphatic carbocycles. The Morgan fingerprint density at radius 2 is 2.08 bits per heavy atom. The van der Waals surface area contributed by atoms with Crippen LogP contribution in [-0.4, -0.2) is 40.1 Å². The van der Waals surface area contributed by atoms with Crippen LogP contribution in [0.15, 0.2) is 54.7 Å². The van der Waals surface area contributed by atoms with Crippen molar-refractivity contribution < 1.29 is 4.79 Å². The fourth-order valence-electron chi connectivity index (χ4n) is 3.68. The quantitative estimate of drug-likeness (QED) is 0.760. The van der Waals surface area contributed by atoms with Gasteiger partial charge in [0.25, 0.3) is 5.91 Å². The second-order valence-corrected chi connectivity index (χ2v) is 7.06. The number of amides is 1. The van der Waals surface area contributed by atoms with Crippen LogP contribution >= 0.6 is 0 Å². The van der Waals surface area contributed by atoms with E-state index in [0.29, 0.717) is 5.56 Å². The summed E-state index contributed by atoms with van der Waals surface area (Å²) in [6.07, 6.45) is 5.11. The Balaban J connectivity index is 1.41. The van der Waals surface area contributed by atoms with Gasteiger partial charge in [-0.25, -0.2) is 0 Å². The number of likely N-dealkylation sites (tertiary alicyclic amines) is 1. The predicted octanol–water partition coefficient (Wildman–Crippen LogP) is 3.35. The maximum atomic E-state index is 12.7. The average Bonchev–Trinajstić information content (AvgIpc) is 3.03. The zero-order chi connectivity index (χ0) is 17.8. The molecule has 1 aliphatic rings. The number of H-pyrrole nitrogens is 1. The summed E-state index contributed by atoms with van der Waals surface area (Å²) in [6, 6.07) is 16.4. The number of fused-ring (bicyclic) bond motifs is 1. The van der Waals surface area contributed by atoms with E-state index in [1.54, 1.807) is 6.20 Å². The number of nitrogens with zero attached hydrogens (tertiary/aromatic N) is 2. The summed E-state index contributed by atoms with van der Waals surface area (Å²) < 4.78 is 0. The van der Waals surface area contributed by atoms with Gasteiger partial charge in [0, 0.05) is 30.1 Å². The zero-order valence-electron chi connectivity index (χ0n) is 14.8. The zero-order valence-corrected chi connectivity index (χ0v) is 14.8. The number of carbonyl (C=O) groups is 1. The largest absolute Gasteiger partial charge is 0.348 e. The minimum atomic E-state index is -0.000314. The molecule has 134 valence electrons. The predicted molar refractivity (Wildman–Crippen MR) is 103 cm³/mol. The number of carbonyl (C=O) groups excluding carboxylic acids is 1. The first kappa shape index (κ1) is 16.8. The molecule has 0 saturated carbocycles. The van der Waals surface area contributed by atoms with E-state index in [4.69, 9.17) is 0 Å². The summed E-state index contributed by atoms with van der Waals surface area (Å²) in [5.74, 6) is -0.000314. The second kappa shape index (κ2) is 7.70. The molecule has 2 N–H and O–H groups in total. The first-order chi connectivity index (χ1) is 12.8. The summed E-state index contributed by atoms with van der Waals surface area (Å²) in [4.78, 5) is 15.1. The lowest BCUT2D eigenvalue weighted by Gasteiger charge is -2.25. The molecule has 3 aromatic rings. The molecule has 1 aliphatic heterocycles. The minimum absolute atomic E-state index is 0.000314. The summed E-state index contributed by atoms with van der Waals surface area (Å²) >= 11 is 0. The van der Waals surface area contributed by atoms with Gasteiger partial charge in [-0.1, -0.05) is 36.8 Å². The molecule has 0 radical (unpaired) electrons. The van der Waals surface area contributed by atoms with E-state index < -0.39 is 0 Å². The molecule has 0 bridgehead atoms. The van der Waals surface area contributed by atoms with E-state index >= 15 is 0 Å². The van der Waals surface area contributed by atoms with E-state index in [1.165, 1.54) is 12.0 Å². The van der Waals surface area contributed by atoms with Crippen molar-refractivity contribution in [1.29, 1.82) is 0 Å². The van der Waals surface area contributed by atoms with Gasteiger partial charge in [0.15, 0.2) is 0 Å². The fraction of sp³-hybridized carbons (Fsp3) is 0.333. The van der Waals surface area contributed by atoms with Crippen LogP contribution in [0.3, 0.4) is 0 Å². The van der Waals surface area contributed by atoms with Gasteiger partial charge in [0.05, 0.1) is 11.7 Å². The third kappa shape index (κ3) is 3.94. The maximum Gasteiger partial charge on any atom is 0.251 e. The summed E-state index contributed by atoms with van der Waals surface area (Å²) in [5, 5.41) is 11.1. The van der Waals surface area contributed by atoms with Crippen molar-refractivity contribution in [3.8, 4) is 0 Å². The highest BCUT2D eigenvalue weighted by molar-refractivity contribution is 5.98. The number of hydrogen-bond donors (Lipinski definition) is 2. The lowest BCUT2D eigenvalue weighted by molar-refractivity contribution is 0.0925. The highest BCUT2D eigenvalue weighted by atomic mass is 16.1. The Kier molecular flexibility index (Phi) is 4.97. The molecular formula is C21H24N4O. The molecule has 2 aromatic carbocycles. The highest BCUT2D eigenvalue weighted by Gasteiger charge is 2.20. The first-order valence-corrected chi connectivity index (χ1v) is 9.28. The molecule has 4 rings (SSSR count). The number of aromatic amines is 1. The van der Waals surface area contributed by atoms with Gasteiger partial charge in [-0.15, -0.1) is 0 Å². The van der Waals surface area contributed by atoms with Gasteiger partial charge >= 0.3 is 0 Å². The van der Waals surface area contributed by atoms with Crippen molar-refractivity contribution >= 4 is 16.8 Å². The number of aromatic nitrogens is 2. The topological polar surface area (TPSA) is 61.0 Å². The molecule has 1 atom stereocenters. The van der Waals surface area contributed by atoms with Crippen LogP contribution in [0.5, 0.6) is 0 Å². The van der Waals surface area contributed by atoms with Crippen molar-refractivity contribution in [2.75, 3.05) is 13.1 Å². The first-order valence-electron chi connectivity index (χ1n) is 9.28. The molecule has 0 spiro atoms. The van der Waals surface area contributed by atoms with Gasteiger partial charge in [-0.3, -0.25) is 14.8 Å². The maximum absolute atomic E-state index is 12.7. The third-order valence-electron chi connectivity index (χ3n) is 5.04. The van der Waals surface area contributed by atoms with Gasteiger partial charge in [-0.2, -0.15) is 5.10 Å². The van der Waals surface area contributed by atoms with Crippen molar-refractivity contribution in [2.24, 2.45) is 0 Å². The second-order valence-electron chi connectivity index (χ2n) is 7.06. The molecule has 5 heteroatoms. The average molecular weight is 348 g/mol. The van der Waals surface area contributed by atoms with Crippen molar-refractivity contribution in [2.45, 2.75) is 31.8 Å². The summed E-state index contributed by atoms with van der Waals surface area (Å²) in [7, 11) is 0. The molecular weight excluding hydrogens is 324 g/mol. The smallest absolute Gasteiger partial charge is 0.251 e. The minimum Gasteiger partial charge on any atom is -0.348 e. The van der Waals surface area contributed by atoms with Crippen LogP contribution in [0, 0.1) is 0 Å². The summed E-state index contributed by atoms with van der Waals surface area (Å²) in [5.41, 5.74) is 2.97.